The molecule has 3 nitrogen and oxygen atoms in total. The summed E-state index contributed by atoms with van der Waals surface area (Å²) in [6.45, 7) is 5.65. The minimum Gasteiger partial charge on any atom is -0.317 e. The van der Waals surface area contributed by atoms with Crippen molar-refractivity contribution in [3.05, 3.63) is 18.0 Å². The molecule has 0 aliphatic rings. The van der Waals surface area contributed by atoms with Crippen LogP contribution in [0.2, 0.25) is 0 Å². The van der Waals surface area contributed by atoms with Crippen LogP contribution in [0.4, 0.5) is 13.2 Å². The van der Waals surface area contributed by atoms with Gasteiger partial charge in [0.25, 0.3) is 0 Å². The summed E-state index contributed by atoms with van der Waals surface area (Å²) < 4.78 is 38.4. The molecular weight excluding hydrogens is 231 g/mol. The van der Waals surface area contributed by atoms with Crippen LogP contribution >= 0.6 is 0 Å². The molecule has 0 aliphatic carbocycles. The predicted octanol–water partition coefficient (Wildman–Crippen LogP) is 2.85. The molecule has 0 saturated heterocycles. The monoisotopic (exact) mass is 249 g/mol. The number of nitrogens with zero attached hydrogens (tertiary/aromatic N) is 2. The van der Waals surface area contributed by atoms with Crippen LogP contribution in [0.1, 0.15) is 38.4 Å². The lowest BCUT2D eigenvalue weighted by atomic mass is 10.2. The number of alkyl halides is 3. The predicted molar refractivity (Wildman–Crippen MR) is 59.7 cm³/mol. The third kappa shape index (κ3) is 4.38. The van der Waals surface area contributed by atoms with Crippen LogP contribution in [-0.2, 0) is 6.18 Å². The molecule has 6 heteroatoms. The number of halogens is 3. The van der Waals surface area contributed by atoms with Crippen molar-refractivity contribution < 1.29 is 13.2 Å². The smallest absolute Gasteiger partial charge is 0.317 e. The number of rotatable bonds is 6. The van der Waals surface area contributed by atoms with Crippen LogP contribution < -0.4 is 5.32 Å². The molecule has 0 fully saturated rings. The van der Waals surface area contributed by atoms with Gasteiger partial charge in [-0.2, -0.15) is 18.3 Å². The minimum atomic E-state index is -4.36. The molecule has 1 aromatic rings. The molecule has 0 aromatic carbocycles. The highest BCUT2D eigenvalue weighted by Gasteiger charge is 2.33. The van der Waals surface area contributed by atoms with E-state index in [1.54, 1.807) is 0 Å². The van der Waals surface area contributed by atoms with Gasteiger partial charge in [-0.15, -0.1) is 0 Å². The topological polar surface area (TPSA) is 29.9 Å². The SMILES string of the molecule is CCCNCCC(C)n1ccc(C(F)(F)F)n1. The van der Waals surface area contributed by atoms with Crippen molar-refractivity contribution in [2.24, 2.45) is 0 Å². The van der Waals surface area contributed by atoms with E-state index in [4.69, 9.17) is 0 Å². The summed E-state index contributed by atoms with van der Waals surface area (Å²) in [6, 6.07) is 0.978. The molecule has 1 heterocycles. The average molecular weight is 249 g/mol. The van der Waals surface area contributed by atoms with Crippen molar-refractivity contribution in [1.29, 1.82) is 0 Å². The van der Waals surface area contributed by atoms with Gasteiger partial charge in [-0.3, -0.25) is 4.68 Å². The highest BCUT2D eigenvalue weighted by atomic mass is 19.4. The number of aromatic nitrogens is 2. The second kappa shape index (κ2) is 6.05. The fraction of sp³-hybridized carbons (Fsp3) is 0.727. The quantitative estimate of drug-likeness (QED) is 0.786. The van der Waals surface area contributed by atoms with Gasteiger partial charge in [0.05, 0.1) is 6.04 Å². The van der Waals surface area contributed by atoms with Gasteiger partial charge in [-0.1, -0.05) is 6.92 Å². The van der Waals surface area contributed by atoms with E-state index >= 15 is 0 Å². The summed E-state index contributed by atoms with van der Waals surface area (Å²) in [5.74, 6) is 0. The first-order chi connectivity index (χ1) is 7.95. The van der Waals surface area contributed by atoms with Crippen molar-refractivity contribution in [3.63, 3.8) is 0 Å². The van der Waals surface area contributed by atoms with Crippen LogP contribution in [0.25, 0.3) is 0 Å². The molecule has 1 rings (SSSR count). The molecule has 0 saturated carbocycles. The van der Waals surface area contributed by atoms with E-state index in [1.807, 2.05) is 6.92 Å². The van der Waals surface area contributed by atoms with Crippen LogP contribution in [0, 0.1) is 0 Å². The first-order valence-corrected chi connectivity index (χ1v) is 5.78. The number of nitrogens with one attached hydrogen (secondary N) is 1. The molecular formula is C11H18F3N3. The second-order valence-corrected chi connectivity index (χ2v) is 4.07. The first kappa shape index (κ1) is 14.0. The third-order valence-corrected chi connectivity index (χ3v) is 2.52. The third-order valence-electron chi connectivity index (χ3n) is 2.52. The van der Waals surface area contributed by atoms with Gasteiger partial charge in [0, 0.05) is 6.20 Å². The Kier molecular flexibility index (Phi) is 4.99. The molecule has 0 amide bonds. The van der Waals surface area contributed by atoms with Crippen molar-refractivity contribution >= 4 is 0 Å². The average Bonchev–Trinajstić information content (AvgIpc) is 2.72. The maximum Gasteiger partial charge on any atom is 0.435 e. The summed E-state index contributed by atoms with van der Waals surface area (Å²) in [4.78, 5) is 0. The Morgan fingerprint density at radius 3 is 2.65 bits per heavy atom. The zero-order chi connectivity index (χ0) is 12.9. The fourth-order valence-electron chi connectivity index (χ4n) is 1.48. The molecule has 0 bridgehead atoms. The van der Waals surface area contributed by atoms with Crippen LogP contribution in [-0.4, -0.2) is 22.9 Å². The van der Waals surface area contributed by atoms with E-state index in [0.29, 0.717) is 0 Å². The Morgan fingerprint density at radius 2 is 2.12 bits per heavy atom. The highest BCUT2D eigenvalue weighted by Crippen LogP contribution is 2.28. The normalized spacial score (nSPS) is 13.9. The zero-order valence-corrected chi connectivity index (χ0v) is 10.1. The molecule has 1 unspecified atom stereocenters. The highest BCUT2D eigenvalue weighted by molar-refractivity contribution is 5.03. The molecule has 0 aliphatic heterocycles. The van der Waals surface area contributed by atoms with E-state index in [9.17, 15) is 13.2 Å². The summed E-state index contributed by atoms with van der Waals surface area (Å²) >= 11 is 0. The van der Waals surface area contributed by atoms with Gasteiger partial charge in [0.1, 0.15) is 0 Å². The van der Waals surface area contributed by atoms with Crippen LogP contribution in [0.3, 0.4) is 0 Å². The van der Waals surface area contributed by atoms with Crippen molar-refractivity contribution in [1.82, 2.24) is 15.1 Å². The zero-order valence-electron chi connectivity index (χ0n) is 10.1. The lowest BCUT2D eigenvalue weighted by Gasteiger charge is -2.12. The summed E-state index contributed by atoms with van der Waals surface area (Å²) in [5, 5.41) is 6.75. The molecule has 1 aromatic heterocycles. The minimum absolute atomic E-state index is 0.0320. The second-order valence-electron chi connectivity index (χ2n) is 4.07. The molecule has 0 radical (unpaired) electrons. The van der Waals surface area contributed by atoms with E-state index in [2.05, 4.69) is 17.3 Å². The maximum atomic E-state index is 12.3. The Labute approximate surface area is 99.0 Å². The molecule has 17 heavy (non-hydrogen) atoms. The van der Waals surface area contributed by atoms with Crippen LogP contribution in [0.5, 0.6) is 0 Å². The van der Waals surface area contributed by atoms with Gasteiger partial charge < -0.3 is 5.32 Å². The van der Waals surface area contributed by atoms with Gasteiger partial charge in [-0.25, -0.2) is 0 Å². The molecule has 1 N–H and O–H groups in total. The van der Waals surface area contributed by atoms with Crippen molar-refractivity contribution in [2.75, 3.05) is 13.1 Å². The standard InChI is InChI=1S/C11H18F3N3/c1-3-6-15-7-4-9(2)17-8-5-10(16-17)11(12,13)14/h5,8-9,15H,3-4,6-7H2,1-2H3. The Bertz CT molecular complexity index is 333. The van der Waals surface area contributed by atoms with Gasteiger partial charge in [0.15, 0.2) is 5.69 Å². The summed E-state index contributed by atoms with van der Waals surface area (Å²) in [7, 11) is 0. The van der Waals surface area contributed by atoms with Crippen molar-refractivity contribution in [3.8, 4) is 0 Å². The maximum absolute atomic E-state index is 12.3. The van der Waals surface area contributed by atoms with Gasteiger partial charge >= 0.3 is 6.18 Å². The van der Waals surface area contributed by atoms with Crippen molar-refractivity contribution in [2.45, 2.75) is 38.9 Å². The molecule has 1 atom stereocenters. The molecule has 98 valence electrons. The fourth-order valence-corrected chi connectivity index (χ4v) is 1.48. The number of hydrogen-bond donors (Lipinski definition) is 1. The first-order valence-electron chi connectivity index (χ1n) is 5.78. The Morgan fingerprint density at radius 1 is 1.41 bits per heavy atom. The summed E-state index contributed by atoms with van der Waals surface area (Å²) in [6.07, 6.45) is -1.16. The Balaban J connectivity index is 2.47. The largest absolute Gasteiger partial charge is 0.435 e. The molecule has 0 spiro atoms. The van der Waals surface area contributed by atoms with E-state index < -0.39 is 11.9 Å². The number of hydrogen-bond acceptors (Lipinski definition) is 2. The van der Waals surface area contributed by atoms with Gasteiger partial charge in [-0.05, 0) is 38.9 Å². The van der Waals surface area contributed by atoms with E-state index in [-0.39, 0.29) is 6.04 Å². The van der Waals surface area contributed by atoms with E-state index in [1.165, 1.54) is 10.9 Å². The summed E-state index contributed by atoms with van der Waals surface area (Å²) in [5.41, 5.74) is -0.828. The Hall–Kier alpha value is -1.04. The lowest BCUT2D eigenvalue weighted by molar-refractivity contribution is -0.141. The van der Waals surface area contributed by atoms with Crippen LogP contribution in [0.15, 0.2) is 12.3 Å². The van der Waals surface area contributed by atoms with E-state index in [0.717, 1.165) is 32.0 Å². The lowest BCUT2D eigenvalue weighted by Crippen LogP contribution is -2.20. The van der Waals surface area contributed by atoms with Gasteiger partial charge in [0.2, 0.25) is 0 Å².